The number of amides is 2. The highest BCUT2D eigenvalue weighted by molar-refractivity contribution is 5.88. The molecule has 1 aromatic rings. The first-order valence-corrected chi connectivity index (χ1v) is 4.17. The summed E-state index contributed by atoms with van der Waals surface area (Å²) in [5, 5.41) is 5.15. The number of ether oxygens (including phenoxy) is 1. The number of aromatic nitrogens is 2. The molecular formula is C8H12N4O2. The quantitative estimate of drug-likeness (QED) is 0.743. The fraction of sp³-hybridized carbons (Fsp3) is 0.375. The summed E-state index contributed by atoms with van der Waals surface area (Å²) in [5.74, 6) is 0. The third kappa shape index (κ3) is 2.89. The zero-order valence-corrected chi connectivity index (χ0v) is 8.07. The summed E-state index contributed by atoms with van der Waals surface area (Å²) in [4.78, 5) is 18.7. The predicted molar refractivity (Wildman–Crippen MR) is 51.3 cm³/mol. The highest BCUT2D eigenvalue weighted by Crippen LogP contribution is 2.05. The summed E-state index contributed by atoms with van der Waals surface area (Å²) < 4.78 is 4.77. The summed E-state index contributed by atoms with van der Waals surface area (Å²) in [6.45, 7) is 2.41. The van der Waals surface area contributed by atoms with Gasteiger partial charge < -0.3 is 15.4 Å². The second-order valence-corrected chi connectivity index (χ2v) is 2.44. The number of nitrogens with one attached hydrogen (secondary N) is 2. The molecule has 0 aliphatic heterocycles. The Morgan fingerprint density at radius 3 is 2.64 bits per heavy atom. The summed E-state index contributed by atoms with van der Waals surface area (Å²) in [6.07, 6.45) is 2.95. The minimum atomic E-state index is -0.277. The van der Waals surface area contributed by atoms with Crippen molar-refractivity contribution in [3.8, 4) is 6.01 Å². The molecule has 0 aromatic carbocycles. The van der Waals surface area contributed by atoms with Crippen molar-refractivity contribution in [1.82, 2.24) is 15.3 Å². The summed E-state index contributed by atoms with van der Waals surface area (Å²) in [5.41, 5.74) is 0.525. The fourth-order valence-electron chi connectivity index (χ4n) is 0.822. The van der Waals surface area contributed by atoms with Crippen LogP contribution in [0.3, 0.4) is 0 Å². The molecule has 0 spiro atoms. The van der Waals surface area contributed by atoms with Crippen LogP contribution >= 0.6 is 0 Å². The zero-order chi connectivity index (χ0) is 10.4. The van der Waals surface area contributed by atoms with Crippen molar-refractivity contribution in [2.45, 2.75) is 6.92 Å². The number of urea groups is 1. The minimum absolute atomic E-state index is 0.270. The number of hydrogen-bond acceptors (Lipinski definition) is 4. The van der Waals surface area contributed by atoms with Gasteiger partial charge in [-0.05, 0) is 6.92 Å². The molecule has 0 atom stereocenters. The average Bonchev–Trinajstić information content (AvgIpc) is 2.19. The van der Waals surface area contributed by atoms with E-state index in [9.17, 15) is 4.79 Å². The van der Waals surface area contributed by atoms with Crippen LogP contribution < -0.4 is 15.4 Å². The largest absolute Gasteiger partial charge is 0.467 e. The van der Waals surface area contributed by atoms with Gasteiger partial charge in [0.05, 0.1) is 25.2 Å². The number of carbonyl (C=O) groups is 1. The van der Waals surface area contributed by atoms with E-state index in [1.165, 1.54) is 19.5 Å². The second kappa shape index (κ2) is 5.00. The van der Waals surface area contributed by atoms with Crippen molar-refractivity contribution in [1.29, 1.82) is 0 Å². The van der Waals surface area contributed by atoms with Crippen LogP contribution in [0, 0.1) is 0 Å². The van der Waals surface area contributed by atoms with Gasteiger partial charge in [-0.25, -0.2) is 14.8 Å². The van der Waals surface area contributed by atoms with Gasteiger partial charge in [0.2, 0.25) is 0 Å². The topological polar surface area (TPSA) is 76.1 Å². The number of carbonyl (C=O) groups excluding carboxylic acids is 1. The zero-order valence-electron chi connectivity index (χ0n) is 8.07. The summed E-state index contributed by atoms with van der Waals surface area (Å²) >= 11 is 0. The molecule has 6 nitrogen and oxygen atoms in total. The van der Waals surface area contributed by atoms with E-state index in [0.29, 0.717) is 12.2 Å². The maximum Gasteiger partial charge on any atom is 0.319 e. The van der Waals surface area contributed by atoms with Crippen molar-refractivity contribution in [2.75, 3.05) is 19.0 Å². The molecule has 2 N–H and O–H groups in total. The van der Waals surface area contributed by atoms with Crippen molar-refractivity contribution in [3.05, 3.63) is 12.4 Å². The molecule has 14 heavy (non-hydrogen) atoms. The van der Waals surface area contributed by atoms with E-state index < -0.39 is 0 Å². The van der Waals surface area contributed by atoms with Crippen molar-refractivity contribution in [3.63, 3.8) is 0 Å². The van der Waals surface area contributed by atoms with Crippen molar-refractivity contribution in [2.24, 2.45) is 0 Å². The molecule has 0 aliphatic carbocycles. The average molecular weight is 196 g/mol. The van der Waals surface area contributed by atoms with Gasteiger partial charge in [0, 0.05) is 6.54 Å². The number of anilines is 1. The Hall–Kier alpha value is -1.85. The Balaban J connectivity index is 2.55. The van der Waals surface area contributed by atoms with Crippen LogP contribution in [0.5, 0.6) is 6.01 Å². The first kappa shape index (κ1) is 10.2. The molecule has 0 saturated carbocycles. The first-order valence-electron chi connectivity index (χ1n) is 4.17. The maximum absolute atomic E-state index is 11.1. The molecule has 0 radical (unpaired) electrons. The molecule has 1 rings (SSSR count). The molecule has 0 bridgehead atoms. The third-order valence-electron chi connectivity index (χ3n) is 1.41. The van der Waals surface area contributed by atoms with Crippen LogP contribution in [0.2, 0.25) is 0 Å². The van der Waals surface area contributed by atoms with Crippen molar-refractivity contribution >= 4 is 11.7 Å². The van der Waals surface area contributed by atoms with Gasteiger partial charge in [0.25, 0.3) is 0 Å². The molecule has 1 aromatic heterocycles. The smallest absolute Gasteiger partial charge is 0.319 e. The van der Waals surface area contributed by atoms with E-state index in [1.807, 2.05) is 6.92 Å². The summed E-state index contributed by atoms with van der Waals surface area (Å²) in [6, 6.07) is -0.00674. The van der Waals surface area contributed by atoms with Crippen LogP contribution in [0.4, 0.5) is 10.5 Å². The molecule has 0 fully saturated rings. The minimum Gasteiger partial charge on any atom is -0.467 e. The van der Waals surface area contributed by atoms with Gasteiger partial charge in [0.1, 0.15) is 0 Å². The molecule has 6 heteroatoms. The number of nitrogens with zero attached hydrogens (tertiary/aromatic N) is 2. The lowest BCUT2D eigenvalue weighted by Crippen LogP contribution is -2.28. The lowest BCUT2D eigenvalue weighted by atomic mass is 10.5. The number of hydrogen-bond donors (Lipinski definition) is 2. The predicted octanol–water partition coefficient (Wildman–Crippen LogP) is 0.627. The fourth-order valence-corrected chi connectivity index (χ4v) is 0.822. The van der Waals surface area contributed by atoms with E-state index in [2.05, 4.69) is 20.6 Å². The van der Waals surface area contributed by atoms with Crippen LogP contribution in [-0.2, 0) is 0 Å². The first-order chi connectivity index (χ1) is 6.76. The van der Waals surface area contributed by atoms with Gasteiger partial charge >= 0.3 is 12.0 Å². The number of rotatable bonds is 3. The van der Waals surface area contributed by atoms with Gasteiger partial charge in [-0.2, -0.15) is 0 Å². The van der Waals surface area contributed by atoms with Crippen LogP contribution in [-0.4, -0.2) is 29.7 Å². The highest BCUT2D eigenvalue weighted by atomic mass is 16.5. The molecule has 0 aliphatic rings. The van der Waals surface area contributed by atoms with Crippen LogP contribution in [0.1, 0.15) is 6.92 Å². The Morgan fingerprint density at radius 1 is 1.50 bits per heavy atom. The molecule has 0 unspecified atom stereocenters. The Morgan fingerprint density at radius 2 is 2.14 bits per heavy atom. The van der Waals surface area contributed by atoms with Crippen LogP contribution in [0.15, 0.2) is 12.4 Å². The molecule has 2 amide bonds. The van der Waals surface area contributed by atoms with E-state index in [1.54, 1.807) is 0 Å². The highest BCUT2D eigenvalue weighted by Gasteiger charge is 2.00. The molecule has 76 valence electrons. The standard InChI is InChI=1S/C8H12N4O2/c1-3-9-7(13)12-6-4-10-8(14-2)11-5-6/h4-5H,3H2,1-2H3,(H2,9,12,13). The monoisotopic (exact) mass is 196 g/mol. The van der Waals surface area contributed by atoms with Gasteiger partial charge in [-0.15, -0.1) is 0 Å². The van der Waals surface area contributed by atoms with E-state index in [4.69, 9.17) is 4.74 Å². The normalized spacial score (nSPS) is 9.29. The van der Waals surface area contributed by atoms with Gasteiger partial charge in [0.15, 0.2) is 0 Å². The Kier molecular flexibility index (Phi) is 3.66. The van der Waals surface area contributed by atoms with Gasteiger partial charge in [-0.1, -0.05) is 0 Å². The Bertz CT molecular complexity index is 299. The van der Waals surface area contributed by atoms with Crippen LogP contribution in [0.25, 0.3) is 0 Å². The molecular weight excluding hydrogens is 184 g/mol. The van der Waals surface area contributed by atoms with E-state index in [0.717, 1.165) is 0 Å². The molecule has 0 saturated heterocycles. The molecule has 1 heterocycles. The SMILES string of the molecule is CCNC(=O)Nc1cnc(OC)nc1. The number of methoxy groups -OCH3 is 1. The Labute approximate surface area is 81.7 Å². The third-order valence-corrected chi connectivity index (χ3v) is 1.41. The van der Waals surface area contributed by atoms with Crippen molar-refractivity contribution < 1.29 is 9.53 Å². The lowest BCUT2D eigenvalue weighted by Gasteiger charge is -2.04. The van der Waals surface area contributed by atoms with E-state index >= 15 is 0 Å². The van der Waals surface area contributed by atoms with Gasteiger partial charge in [-0.3, -0.25) is 0 Å². The lowest BCUT2D eigenvalue weighted by molar-refractivity contribution is 0.252. The van der Waals surface area contributed by atoms with E-state index in [-0.39, 0.29) is 12.0 Å². The maximum atomic E-state index is 11.1. The second-order valence-electron chi connectivity index (χ2n) is 2.44. The summed E-state index contributed by atoms with van der Waals surface area (Å²) in [7, 11) is 1.48.